The predicted molar refractivity (Wildman–Crippen MR) is 368 cm³/mol. The lowest BCUT2D eigenvalue weighted by molar-refractivity contribution is -0.161. The molecular weight excluding hydrogens is 1200 g/mol. The van der Waals surface area contributed by atoms with Crippen molar-refractivity contribution in [1.29, 1.82) is 0 Å². The maximum atomic E-state index is 13.0. The molecule has 0 saturated carbocycles. The van der Waals surface area contributed by atoms with Gasteiger partial charge >= 0.3 is 39.5 Å². The maximum absolute atomic E-state index is 13.0. The van der Waals surface area contributed by atoms with Gasteiger partial charge in [0, 0.05) is 25.7 Å². The van der Waals surface area contributed by atoms with Crippen molar-refractivity contribution >= 4 is 39.5 Å². The minimum Gasteiger partial charge on any atom is -0.462 e. The molecule has 0 amide bonds. The van der Waals surface area contributed by atoms with Crippen molar-refractivity contribution in [3.63, 3.8) is 0 Å². The van der Waals surface area contributed by atoms with E-state index < -0.39 is 97.5 Å². The molecule has 0 radical (unpaired) electrons. The molecule has 0 spiro atoms. The first-order valence-corrected chi connectivity index (χ1v) is 40.5. The van der Waals surface area contributed by atoms with E-state index in [4.69, 9.17) is 37.0 Å². The van der Waals surface area contributed by atoms with Crippen LogP contribution >= 0.6 is 15.6 Å². The van der Waals surface area contributed by atoms with E-state index in [9.17, 15) is 43.2 Å². The SMILES string of the molecule is CCCCCCCCCCCCCCCCCCCC(=O)OC[C@H](COP(=O)(O)OC[C@@H](O)COP(=O)(O)OC[C@@H](COC(=O)CCCCCCC)OC(=O)CCCCCCCCCCCC(C)C)OC(=O)CCCCCCCCCCCCCCCCC(C)C. The Morgan fingerprint density at radius 2 is 0.505 bits per heavy atom. The first-order chi connectivity index (χ1) is 43.9. The summed E-state index contributed by atoms with van der Waals surface area (Å²) in [6.07, 6.45) is 50.4. The molecule has 91 heavy (non-hydrogen) atoms. The summed E-state index contributed by atoms with van der Waals surface area (Å²) in [5, 5.41) is 10.6. The number of unbranched alkanes of at least 4 members (excludes halogenated alkanes) is 41. The van der Waals surface area contributed by atoms with Crippen LogP contribution in [0.15, 0.2) is 0 Å². The lowest BCUT2D eigenvalue weighted by Crippen LogP contribution is -2.30. The number of carbonyl (C=O) groups excluding carboxylic acids is 4. The van der Waals surface area contributed by atoms with Crippen LogP contribution in [0.2, 0.25) is 0 Å². The molecule has 0 aliphatic carbocycles. The zero-order valence-electron chi connectivity index (χ0n) is 59.1. The van der Waals surface area contributed by atoms with Gasteiger partial charge in [-0.3, -0.25) is 37.3 Å². The molecule has 0 heterocycles. The second-order valence-electron chi connectivity index (χ2n) is 26.9. The van der Waals surface area contributed by atoms with E-state index in [0.29, 0.717) is 25.7 Å². The Labute approximate surface area is 556 Å². The first-order valence-electron chi connectivity index (χ1n) is 37.5. The fourth-order valence-electron chi connectivity index (χ4n) is 10.9. The molecular formula is C72H140O17P2. The highest BCUT2D eigenvalue weighted by Gasteiger charge is 2.30. The number of hydrogen-bond acceptors (Lipinski definition) is 15. The molecule has 0 aliphatic heterocycles. The van der Waals surface area contributed by atoms with Gasteiger partial charge in [-0.25, -0.2) is 9.13 Å². The van der Waals surface area contributed by atoms with Crippen LogP contribution in [0.1, 0.15) is 369 Å². The Morgan fingerprint density at radius 3 is 0.747 bits per heavy atom. The fourth-order valence-corrected chi connectivity index (χ4v) is 12.5. The molecule has 0 aliphatic rings. The maximum Gasteiger partial charge on any atom is 0.472 e. The molecule has 0 aromatic rings. The third kappa shape index (κ3) is 66.5. The largest absolute Gasteiger partial charge is 0.472 e. The van der Waals surface area contributed by atoms with Gasteiger partial charge in [0.05, 0.1) is 26.4 Å². The molecule has 0 aromatic heterocycles. The molecule has 540 valence electrons. The van der Waals surface area contributed by atoms with Crippen LogP contribution in [0.3, 0.4) is 0 Å². The van der Waals surface area contributed by atoms with E-state index in [-0.39, 0.29) is 25.7 Å². The van der Waals surface area contributed by atoms with Crippen LogP contribution in [0.4, 0.5) is 0 Å². The molecule has 2 unspecified atom stereocenters. The minimum absolute atomic E-state index is 0.104. The Kier molecular flexibility index (Phi) is 62.7. The molecule has 0 fully saturated rings. The second-order valence-corrected chi connectivity index (χ2v) is 29.8. The van der Waals surface area contributed by atoms with Gasteiger partial charge in [0.2, 0.25) is 0 Å². The van der Waals surface area contributed by atoms with Crippen molar-refractivity contribution in [2.75, 3.05) is 39.6 Å². The molecule has 0 saturated heterocycles. The number of aliphatic hydroxyl groups is 1. The summed E-state index contributed by atoms with van der Waals surface area (Å²) in [4.78, 5) is 72.4. The zero-order chi connectivity index (χ0) is 67.2. The number of rotatable bonds is 71. The standard InChI is InChI=1S/C72H140O17P2/c1-7-9-11-13-14-15-16-17-18-19-20-24-27-32-37-43-49-55-70(75)83-61-68(89-71(76)56-50-44-38-33-28-25-22-21-23-26-30-35-41-46-52-64(3)4)63-87-91(80,81)85-59-66(73)58-84-90(78,79)86-62-67(60-82-69(74)54-48-40-12-10-8-2)88-72(77)57-51-45-39-34-29-31-36-42-47-53-65(5)6/h64-68,73H,7-63H2,1-6H3,(H,78,79)(H,80,81)/t66-,67+,68+/m0/s1. The normalized spacial score (nSPS) is 14.1. The number of hydrogen-bond donors (Lipinski definition) is 3. The lowest BCUT2D eigenvalue weighted by Gasteiger charge is -2.21. The van der Waals surface area contributed by atoms with Gasteiger partial charge in [0.25, 0.3) is 0 Å². The van der Waals surface area contributed by atoms with Gasteiger partial charge in [0.15, 0.2) is 12.2 Å². The number of phosphoric ester groups is 2. The molecule has 0 aromatic carbocycles. The van der Waals surface area contributed by atoms with Gasteiger partial charge < -0.3 is 33.8 Å². The molecule has 19 heteroatoms. The van der Waals surface area contributed by atoms with E-state index in [1.807, 2.05) is 0 Å². The van der Waals surface area contributed by atoms with E-state index in [1.54, 1.807) is 0 Å². The van der Waals surface area contributed by atoms with Crippen molar-refractivity contribution in [3.05, 3.63) is 0 Å². The quantitative estimate of drug-likeness (QED) is 0.0222. The van der Waals surface area contributed by atoms with Crippen molar-refractivity contribution in [2.24, 2.45) is 11.8 Å². The second kappa shape index (κ2) is 64.1. The summed E-state index contributed by atoms with van der Waals surface area (Å²) >= 11 is 0. The van der Waals surface area contributed by atoms with Crippen molar-refractivity contribution in [3.8, 4) is 0 Å². The highest BCUT2D eigenvalue weighted by Crippen LogP contribution is 2.45. The van der Waals surface area contributed by atoms with Crippen molar-refractivity contribution in [1.82, 2.24) is 0 Å². The van der Waals surface area contributed by atoms with Crippen LogP contribution in [-0.2, 0) is 65.4 Å². The minimum atomic E-state index is -4.95. The summed E-state index contributed by atoms with van der Waals surface area (Å²) in [6, 6.07) is 0. The summed E-state index contributed by atoms with van der Waals surface area (Å²) in [5.74, 6) is -0.601. The summed E-state index contributed by atoms with van der Waals surface area (Å²) in [6.45, 7) is 9.48. The van der Waals surface area contributed by atoms with Crippen molar-refractivity contribution < 1.29 is 80.2 Å². The van der Waals surface area contributed by atoms with Gasteiger partial charge in [-0.1, -0.05) is 318 Å². The fraction of sp³-hybridized carbons (Fsp3) is 0.944. The summed E-state index contributed by atoms with van der Waals surface area (Å²) in [7, 11) is -9.89. The van der Waals surface area contributed by atoms with E-state index in [2.05, 4.69) is 41.5 Å². The van der Waals surface area contributed by atoms with Crippen LogP contribution < -0.4 is 0 Å². The van der Waals surface area contributed by atoms with Gasteiger partial charge in [-0.2, -0.15) is 0 Å². The van der Waals surface area contributed by atoms with Gasteiger partial charge in [0.1, 0.15) is 19.3 Å². The smallest absolute Gasteiger partial charge is 0.462 e. The Morgan fingerprint density at radius 1 is 0.297 bits per heavy atom. The Balaban J connectivity index is 5.15. The number of aliphatic hydroxyl groups excluding tert-OH is 1. The zero-order valence-corrected chi connectivity index (χ0v) is 60.9. The van der Waals surface area contributed by atoms with Crippen LogP contribution in [0.5, 0.6) is 0 Å². The Bertz CT molecular complexity index is 1770. The first kappa shape index (κ1) is 89.1. The molecule has 0 bridgehead atoms. The number of ether oxygens (including phenoxy) is 4. The summed E-state index contributed by atoms with van der Waals surface area (Å²) in [5.41, 5.74) is 0. The van der Waals surface area contributed by atoms with Gasteiger partial charge in [-0.15, -0.1) is 0 Å². The van der Waals surface area contributed by atoms with E-state index in [0.717, 1.165) is 108 Å². The molecule has 0 rings (SSSR count). The monoisotopic (exact) mass is 1340 g/mol. The number of carbonyl (C=O) groups is 4. The number of phosphoric acid groups is 2. The van der Waals surface area contributed by atoms with Crippen LogP contribution in [0.25, 0.3) is 0 Å². The molecule has 3 N–H and O–H groups in total. The average molecular weight is 1340 g/mol. The van der Waals surface area contributed by atoms with E-state index >= 15 is 0 Å². The van der Waals surface area contributed by atoms with Gasteiger partial charge in [-0.05, 0) is 37.5 Å². The molecule has 5 atom stereocenters. The topological polar surface area (TPSA) is 237 Å². The predicted octanol–water partition coefficient (Wildman–Crippen LogP) is 20.8. The third-order valence-corrected chi connectivity index (χ3v) is 18.6. The van der Waals surface area contributed by atoms with Crippen molar-refractivity contribution in [2.45, 2.75) is 387 Å². The van der Waals surface area contributed by atoms with Crippen LogP contribution in [-0.4, -0.2) is 96.7 Å². The average Bonchev–Trinajstić information content (AvgIpc) is 3.34. The van der Waals surface area contributed by atoms with Crippen LogP contribution in [0, 0.1) is 11.8 Å². The highest BCUT2D eigenvalue weighted by atomic mass is 31.2. The Hall–Kier alpha value is -1.94. The number of esters is 4. The highest BCUT2D eigenvalue weighted by molar-refractivity contribution is 7.47. The lowest BCUT2D eigenvalue weighted by atomic mass is 10.0. The summed E-state index contributed by atoms with van der Waals surface area (Å²) < 4.78 is 68.2. The van der Waals surface area contributed by atoms with E-state index in [1.165, 1.54) is 180 Å². The molecule has 17 nitrogen and oxygen atoms in total. The third-order valence-electron chi connectivity index (χ3n) is 16.7.